The molecule has 0 aliphatic heterocycles. The van der Waals surface area contributed by atoms with Crippen LogP contribution in [0.1, 0.15) is 36.0 Å². The number of rotatable bonds is 6. The van der Waals surface area contributed by atoms with Gasteiger partial charge in [0.2, 0.25) is 0 Å². The van der Waals surface area contributed by atoms with E-state index in [4.69, 9.17) is 13.0 Å². The number of ketones is 1. The molecule has 1 aromatic carbocycles. The zero-order valence-electron chi connectivity index (χ0n) is 17.7. The molecule has 0 amide bonds. The molecule has 0 spiro atoms. The molecule has 0 bridgehead atoms. The van der Waals surface area contributed by atoms with E-state index < -0.39 is 34.0 Å². The van der Waals surface area contributed by atoms with E-state index in [1.807, 2.05) is 30.3 Å². The Kier molecular flexibility index (Phi) is 10.4. The van der Waals surface area contributed by atoms with Gasteiger partial charge in [0.15, 0.2) is 10.1 Å². The molecule has 2 atom stereocenters. The van der Waals surface area contributed by atoms with Gasteiger partial charge in [-0.25, -0.2) is 8.42 Å². The molecule has 0 radical (unpaired) electrons. The quantitative estimate of drug-likeness (QED) is 0.121. The Hall–Kier alpha value is -0.521. The molecule has 1 aromatic rings. The molecule has 1 saturated carbocycles. The van der Waals surface area contributed by atoms with Crippen LogP contribution in [0.4, 0.5) is 13.2 Å². The summed E-state index contributed by atoms with van der Waals surface area (Å²) in [4.78, 5) is 20.3. The molecule has 1 aliphatic carbocycles. The fourth-order valence-electron chi connectivity index (χ4n) is 3.31. The first kappa shape index (κ1) is 27.5. The second-order valence-electron chi connectivity index (χ2n) is 8.30. The molecule has 2 unspecified atom stereocenters. The molecule has 4 nitrogen and oxygen atoms in total. The summed E-state index contributed by atoms with van der Waals surface area (Å²) in [6, 6.07) is 9.93. The summed E-state index contributed by atoms with van der Waals surface area (Å²) in [5.41, 5.74) is -3.10. The van der Waals surface area contributed by atoms with Crippen molar-refractivity contribution in [2.75, 3.05) is 12.0 Å². The minimum atomic E-state index is -6.09. The molecule has 170 valence electrons. The van der Waals surface area contributed by atoms with E-state index in [9.17, 15) is 18.0 Å². The van der Waals surface area contributed by atoms with Crippen LogP contribution in [0.15, 0.2) is 42.0 Å². The summed E-state index contributed by atoms with van der Waals surface area (Å²) < 4.78 is 59.2. The summed E-state index contributed by atoms with van der Waals surface area (Å²) in [5.74, 6) is 1.51. The van der Waals surface area contributed by atoms with Gasteiger partial charge in [-0.2, -0.15) is 13.2 Å². The number of hydrogen-bond donors (Lipinski definition) is 0. The molecule has 10 heteroatoms. The van der Waals surface area contributed by atoms with Crippen LogP contribution in [0.3, 0.4) is 0 Å². The molecule has 0 N–H and O–H groups in total. The molecular weight excluding hydrogens is 544 g/mol. The van der Waals surface area contributed by atoms with Crippen molar-refractivity contribution in [3.05, 3.63) is 47.5 Å². The number of hydrogen-bond acceptors (Lipinski definition) is 4. The molecule has 30 heavy (non-hydrogen) atoms. The van der Waals surface area contributed by atoms with Crippen LogP contribution < -0.4 is 0 Å². The van der Waals surface area contributed by atoms with Crippen molar-refractivity contribution in [2.24, 2.45) is 0 Å². The van der Waals surface area contributed by atoms with Crippen molar-refractivity contribution >= 4 is 45.2 Å². The monoisotopic (exact) mass is 574 g/mol. The molecule has 0 heterocycles. The Morgan fingerprint density at radius 3 is 2.03 bits per heavy atom. The number of carbonyl (C=O) groups is 1. The average molecular weight is 573 g/mol. The minimum absolute atomic E-state index is 0.164. The summed E-state index contributed by atoms with van der Waals surface area (Å²) >= 11 is -2.33. The van der Waals surface area contributed by atoms with Crippen molar-refractivity contribution < 1.29 is 30.9 Å². The number of benzene rings is 1. The molecular formula is C20H29F3O4S2Sn. The fraction of sp³-hybridized carbons (Fsp3) is 0.550. The molecule has 2 rings (SSSR count). The molecule has 1 aliphatic rings. The van der Waals surface area contributed by atoms with Crippen molar-refractivity contribution in [1.29, 1.82) is 0 Å². The van der Waals surface area contributed by atoms with E-state index in [0.717, 1.165) is 11.3 Å². The summed E-state index contributed by atoms with van der Waals surface area (Å²) in [6.07, 6.45) is 10.1. The first-order chi connectivity index (χ1) is 13.6. The van der Waals surface area contributed by atoms with Gasteiger partial charge in [-0.3, -0.25) is 0 Å². The van der Waals surface area contributed by atoms with E-state index in [1.54, 1.807) is 5.57 Å². The summed E-state index contributed by atoms with van der Waals surface area (Å²) in [5, 5.41) is 0. The third kappa shape index (κ3) is 8.92. The predicted molar refractivity (Wildman–Crippen MR) is 118 cm³/mol. The number of Topliss-reactive ketones (excluding diaryl/α,β-unsaturated/α-hetero) is 1. The van der Waals surface area contributed by atoms with Gasteiger partial charge in [-0.15, -0.1) is 0 Å². The Labute approximate surface area is 184 Å². The largest absolute Gasteiger partial charge is 0.741 e. The van der Waals surface area contributed by atoms with E-state index in [-0.39, 0.29) is 10.9 Å². The number of allylic oxidation sites excluding steroid dienone is 1. The van der Waals surface area contributed by atoms with Crippen molar-refractivity contribution in [3.8, 4) is 0 Å². The van der Waals surface area contributed by atoms with Crippen LogP contribution in [-0.4, -0.2) is 57.9 Å². The van der Waals surface area contributed by atoms with Gasteiger partial charge in [0.05, 0.1) is 0 Å². The number of alkyl halides is 3. The van der Waals surface area contributed by atoms with Gasteiger partial charge in [-0.05, 0) is 0 Å². The maximum Gasteiger partial charge on any atom is 0.485 e. The zero-order chi connectivity index (χ0) is 23.2. The molecule has 0 aromatic heterocycles. The van der Waals surface area contributed by atoms with Crippen LogP contribution in [0, 0.1) is 0 Å². The number of halogens is 3. The van der Waals surface area contributed by atoms with E-state index >= 15 is 0 Å². The van der Waals surface area contributed by atoms with Crippen LogP contribution in [-0.2, 0) is 21.0 Å². The first-order valence-corrected chi connectivity index (χ1v) is 23.0. The van der Waals surface area contributed by atoms with E-state index in [0.29, 0.717) is 9.05 Å². The van der Waals surface area contributed by atoms with Gasteiger partial charge >= 0.3 is 149 Å². The Balaban J connectivity index is 0.000000479. The normalized spacial score (nSPS) is 17.0. The topological polar surface area (TPSA) is 74.3 Å². The van der Waals surface area contributed by atoms with Gasteiger partial charge < -0.3 is 4.55 Å². The van der Waals surface area contributed by atoms with Crippen LogP contribution in [0.5, 0.6) is 0 Å². The van der Waals surface area contributed by atoms with Crippen molar-refractivity contribution in [3.63, 3.8) is 0 Å². The molecule has 0 saturated heterocycles. The van der Waals surface area contributed by atoms with E-state index in [2.05, 4.69) is 27.2 Å². The first-order valence-electron chi connectivity index (χ1n) is 9.55. The second-order valence-corrected chi connectivity index (χ2v) is 28.2. The second kappa shape index (κ2) is 11.4. The Morgan fingerprint density at radius 1 is 1.17 bits per heavy atom. The van der Waals surface area contributed by atoms with Crippen LogP contribution in [0.25, 0.3) is 0 Å². The van der Waals surface area contributed by atoms with E-state index in [1.165, 1.54) is 25.7 Å². The third-order valence-electron chi connectivity index (χ3n) is 4.65. The summed E-state index contributed by atoms with van der Waals surface area (Å²) in [6.45, 7) is 0. The maximum absolute atomic E-state index is 13.1. The fourth-order valence-corrected chi connectivity index (χ4v) is 19.6. The van der Waals surface area contributed by atoms with Crippen LogP contribution in [0.2, 0.25) is 14.8 Å². The van der Waals surface area contributed by atoms with Gasteiger partial charge in [0, 0.05) is 0 Å². The standard InChI is InChI=1S/C16H20OS.CHF3O3S.3CH3.Sn/c1-18(12-11-14-7-5-6-8-14)13-16(17)15-9-3-2-4-10-15;2-1(3,4)8(5,6)7;;;;/h2-4,9-11,13H,5-8,12H2,1H3;(H,5,6,7);3*1H3;/q+1;;;;;/p-1. The van der Waals surface area contributed by atoms with Crippen LogP contribution >= 0.6 is 0 Å². The minimum Gasteiger partial charge on any atom is -0.741 e. The van der Waals surface area contributed by atoms with Crippen molar-refractivity contribution in [1.82, 2.24) is 0 Å². The molecule has 1 fully saturated rings. The SMILES string of the molecule is C[S+](CC=C1CCCC1)[CH](C(=O)c1ccccc1)[Sn]([CH3])([CH3])[CH3].O=S(=O)([O-])C(F)(F)F. The Bertz CT molecular complexity index is 824. The van der Waals surface area contributed by atoms with Gasteiger partial charge in [-0.1, -0.05) is 0 Å². The Morgan fingerprint density at radius 2 is 1.63 bits per heavy atom. The predicted octanol–water partition coefficient (Wildman–Crippen LogP) is 4.92. The van der Waals surface area contributed by atoms with Crippen molar-refractivity contribution in [2.45, 2.75) is 49.3 Å². The zero-order valence-corrected chi connectivity index (χ0v) is 22.1. The number of carbonyl (C=O) groups excluding carboxylic acids is 1. The average Bonchev–Trinajstić information content (AvgIpc) is 3.12. The van der Waals surface area contributed by atoms with Gasteiger partial charge in [0.25, 0.3) is 0 Å². The summed E-state index contributed by atoms with van der Waals surface area (Å²) in [7, 11) is -5.93. The third-order valence-corrected chi connectivity index (χ3v) is 20.4. The maximum atomic E-state index is 13.1. The smallest absolute Gasteiger partial charge is 0.485 e. The van der Waals surface area contributed by atoms with Gasteiger partial charge in [0.1, 0.15) is 0 Å².